The van der Waals surface area contributed by atoms with Crippen molar-refractivity contribution in [2.24, 2.45) is 5.10 Å². The van der Waals surface area contributed by atoms with Gasteiger partial charge in [-0.3, -0.25) is 5.43 Å². The number of hydrazone groups is 1. The van der Waals surface area contributed by atoms with Gasteiger partial charge in [0, 0.05) is 10.6 Å². The van der Waals surface area contributed by atoms with E-state index in [1.165, 1.54) is 48.3 Å². The second kappa shape index (κ2) is 6.52. The van der Waals surface area contributed by atoms with Gasteiger partial charge in [0.2, 0.25) is 0 Å². The summed E-state index contributed by atoms with van der Waals surface area (Å²) in [6.07, 6.45) is 10.4. The molecule has 5 heteroatoms. The van der Waals surface area contributed by atoms with E-state index < -0.39 is 0 Å². The van der Waals surface area contributed by atoms with E-state index in [2.05, 4.69) is 34.3 Å². The Kier molecular flexibility index (Phi) is 4.48. The van der Waals surface area contributed by atoms with Crippen LogP contribution < -0.4 is 5.43 Å². The fourth-order valence-corrected chi connectivity index (χ4v) is 3.82. The summed E-state index contributed by atoms with van der Waals surface area (Å²) >= 11 is 1.72. The quantitative estimate of drug-likeness (QED) is 0.809. The summed E-state index contributed by atoms with van der Waals surface area (Å²) in [6.45, 7) is 4.26. The lowest BCUT2D eigenvalue weighted by Crippen LogP contribution is -2.06. The predicted octanol–water partition coefficient (Wildman–Crippen LogP) is 4.82. The molecular formula is C16H22N4S. The van der Waals surface area contributed by atoms with Gasteiger partial charge in [0.1, 0.15) is 11.2 Å². The number of thiophene rings is 1. The molecule has 0 spiro atoms. The molecule has 0 atom stereocenters. The van der Waals surface area contributed by atoms with Crippen molar-refractivity contribution in [3.63, 3.8) is 0 Å². The van der Waals surface area contributed by atoms with Crippen molar-refractivity contribution in [2.75, 3.05) is 5.43 Å². The van der Waals surface area contributed by atoms with Gasteiger partial charge in [-0.2, -0.15) is 5.10 Å². The molecule has 1 aliphatic carbocycles. The van der Waals surface area contributed by atoms with Crippen LogP contribution in [0.4, 0.5) is 5.82 Å². The molecule has 0 aromatic carbocycles. The molecule has 0 bridgehead atoms. The molecule has 0 radical (unpaired) electrons. The zero-order valence-electron chi connectivity index (χ0n) is 12.8. The van der Waals surface area contributed by atoms with Gasteiger partial charge >= 0.3 is 0 Å². The van der Waals surface area contributed by atoms with Crippen molar-refractivity contribution >= 4 is 33.1 Å². The minimum Gasteiger partial charge on any atom is -0.261 e. The van der Waals surface area contributed by atoms with E-state index in [0.29, 0.717) is 0 Å². The van der Waals surface area contributed by atoms with Gasteiger partial charge in [-0.1, -0.05) is 19.3 Å². The van der Waals surface area contributed by atoms with Crippen molar-refractivity contribution in [3.8, 4) is 0 Å². The third-order valence-corrected chi connectivity index (χ3v) is 5.33. The summed E-state index contributed by atoms with van der Waals surface area (Å²) in [6, 6.07) is 0. The monoisotopic (exact) mass is 302 g/mol. The summed E-state index contributed by atoms with van der Waals surface area (Å²) in [5, 5.41) is 5.76. The van der Waals surface area contributed by atoms with E-state index in [-0.39, 0.29) is 0 Å². The summed E-state index contributed by atoms with van der Waals surface area (Å²) in [4.78, 5) is 11.1. The first-order chi connectivity index (χ1) is 10.3. The standard InChI is InChI=1S/C16H22N4S/c1-11-12(2)21-16-14(11)15(17-10-18-16)20-19-13-8-6-4-3-5-7-9-13/h10H,3-9H2,1-2H3,(H,17,18,20). The summed E-state index contributed by atoms with van der Waals surface area (Å²) in [5.41, 5.74) is 5.75. The van der Waals surface area contributed by atoms with E-state index >= 15 is 0 Å². The number of hydrogen-bond acceptors (Lipinski definition) is 5. The molecule has 0 unspecified atom stereocenters. The molecule has 2 aromatic rings. The zero-order valence-corrected chi connectivity index (χ0v) is 13.6. The number of anilines is 1. The second-order valence-corrected chi connectivity index (χ2v) is 6.95. The van der Waals surface area contributed by atoms with Crippen LogP contribution in [0.3, 0.4) is 0 Å². The molecule has 3 rings (SSSR count). The summed E-state index contributed by atoms with van der Waals surface area (Å²) in [7, 11) is 0. The first-order valence-corrected chi connectivity index (χ1v) is 8.59. The fraction of sp³-hybridized carbons (Fsp3) is 0.562. The van der Waals surface area contributed by atoms with Crippen LogP contribution in [0.15, 0.2) is 11.4 Å². The SMILES string of the molecule is Cc1sc2ncnc(NN=C3CCCCCCC3)c2c1C. The zero-order chi connectivity index (χ0) is 14.7. The van der Waals surface area contributed by atoms with Gasteiger partial charge in [-0.15, -0.1) is 11.3 Å². The molecule has 2 aromatic heterocycles. The molecule has 1 N–H and O–H groups in total. The van der Waals surface area contributed by atoms with Gasteiger partial charge in [-0.05, 0) is 45.1 Å². The molecule has 112 valence electrons. The number of aryl methyl sites for hydroxylation is 2. The van der Waals surface area contributed by atoms with Crippen LogP contribution in [-0.4, -0.2) is 15.7 Å². The number of rotatable bonds is 2. The van der Waals surface area contributed by atoms with Crippen molar-refractivity contribution in [1.82, 2.24) is 9.97 Å². The number of fused-ring (bicyclic) bond motifs is 1. The van der Waals surface area contributed by atoms with Gasteiger partial charge in [0.15, 0.2) is 5.82 Å². The van der Waals surface area contributed by atoms with Crippen molar-refractivity contribution in [3.05, 3.63) is 16.8 Å². The number of hydrogen-bond donors (Lipinski definition) is 1. The maximum atomic E-state index is 4.64. The Morgan fingerprint density at radius 2 is 1.76 bits per heavy atom. The van der Waals surface area contributed by atoms with Crippen LogP contribution in [0.1, 0.15) is 55.4 Å². The highest BCUT2D eigenvalue weighted by atomic mass is 32.1. The van der Waals surface area contributed by atoms with Crippen LogP contribution in [-0.2, 0) is 0 Å². The summed E-state index contributed by atoms with van der Waals surface area (Å²) < 4.78 is 0. The smallest absolute Gasteiger partial charge is 0.158 e. The Morgan fingerprint density at radius 3 is 2.52 bits per heavy atom. The lowest BCUT2D eigenvalue weighted by atomic mass is 9.99. The molecule has 1 saturated carbocycles. The van der Waals surface area contributed by atoms with E-state index in [4.69, 9.17) is 0 Å². The van der Waals surface area contributed by atoms with Crippen molar-refractivity contribution < 1.29 is 0 Å². The van der Waals surface area contributed by atoms with Crippen LogP contribution >= 0.6 is 11.3 Å². The largest absolute Gasteiger partial charge is 0.261 e. The van der Waals surface area contributed by atoms with Crippen LogP contribution in [0.2, 0.25) is 0 Å². The highest BCUT2D eigenvalue weighted by Crippen LogP contribution is 2.32. The molecule has 1 fully saturated rings. The Hall–Kier alpha value is -1.49. The van der Waals surface area contributed by atoms with E-state index in [1.807, 2.05) is 0 Å². The molecule has 0 aliphatic heterocycles. The maximum Gasteiger partial charge on any atom is 0.158 e. The Morgan fingerprint density at radius 1 is 1.05 bits per heavy atom. The molecule has 4 nitrogen and oxygen atoms in total. The number of aromatic nitrogens is 2. The lowest BCUT2D eigenvalue weighted by molar-refractivity contribution is 0.606. The number of nitrogens with one attached hydrogen (secondary N) is 1. The van der Waals surface area contributed by atoms with Crippen LogP contribution in [0, 0.1) is 13.8 Å². The van der Waals surface area contributed by atoms with E-state index in [0.717, 1.165) is 28.9 Å². The topological polar surface area (TPSA) is 50.2 Å². The molecular weight excluding hydrogens is 280 g/mol. The Bertz CT molecular complexity index is 650. The summed E-state index contributed by atoms with van der Waals surface area (Å²) in [5.74, 6) is 0.844. The second-order valence-electron chi connectivity index (χ2n) is 5.74. The minimum atomic E-state index is 0.844. The minimum absolute atomic E-state index is 0.844. The Balaban J connectivity index is 1.84. The van der Waals surface area contributed by atoms with Crippen LogP contribution in [0.25, 0.3) is 10.2 Å². The third kappa shape index (κ3) is 3.23. The van der Waals surface area contributed by atoms with Crippen LogP contribution in [0.5, 0.6) is 0 Å². The third-order valence-electron chi connectivity index (χ3n) is 4.22. The van der Waals surface area contributed by atoms with Crippen molar-refractivity contribution in [2.45, 2.75) is 58.8 Å². The van der Waals surface area contributed by atoms with Gasteiger partial charge in [0.05, 0.1) is 5.39 Å². The first kappa shape index (κ1) is 14.4. The van der Waals surface area contributed by atoms with Gasteiger partial charge in [-0.25, -0.2) is 9.97 Å². The average Bonchev–Trinajstić information content (AvgIpc) is 2.74. The van der Waals surface area contributed by atoms with E-state index in [9.17, 15) is 0 Å². The Labute approximate surface area is 129 Å². The van der Waals surface area contributed by atoms with Gasteiger partial charge < -0.3 is 0 Å². The molecule has 21 heavy (non-hydrogen) atoms. The molecule has 0 amide bonds. The molecule has 1 aliphatic rings. The van der Waals surface area contributed by atoms with E-state index in [1.54, 1.807) is 17.7 Å². The normalized spacial score (nSPS) is 16.6. The highest BCUT2D eigenvalue weighted by Gasteiger charge is 2.12. The predicted molar refractivity (Wildman–Crippen MR) is 90.3 cm³/mol. The first-order valence-electron chi connectivity index (χ1n) is 7.78. The van der Waals surface area contributed by atoms with Gasteiger partial charge in [0.25, 0.3) is 0 Å². The molecule has 2 heterocycles. The maximum absolute atomic E-state index is 4.64. The van der Waals surface area contributed by atoms with Crippen molar-refractivity contribution in [1.29, 1.82) is 0 Å². The fourth-order valence-electron chi connectivity index (χ4n) is 2.82. The number of nitrogens with zero attached hydrogens (tertiary/aromatic N) is 3. The lowest BCUT2D eigenvalue weighted by Gasteiger charge is -2.11. The molecule has 0 saturated heterocycles. The highest BCUT2D eigenvalue weighted by molar-refractivity contribution is 7.18. The average molecular weight is 302 g/mol.